The summed E-state index contributed by atoms with van der Waals surface area (Å²) >= 11 is 6.22. The van der Waals surface area contributed by atoms with Gasteiger partial charge in [-0.3, -0.25) is 4.79 Å². The van der Waals surface area contributed by atoms with Gasteiger partial charge < -0.3 is 18.9 Å². The quantitative estimate of drug-likeness (QED) is 0.452. The van der Waals surface area contributed by atoms with Crippen LogP contribution in [0.2, 0.25) is 5.02 Å². The summed E-state index contributed by atoms with van der Waals surface area (Å²) < 4.78 is 16.3. The van der Waals surface area contributed by atoms with Crippen LogP contribution in [0, 0.1) is 0 Å². The summed E-state index contributed by atoms with van der Waals surface area (Å²) in [5.74, 6) is 2.17. The van der Waals surface area contributed by atoms with Crippen molar-refractivity contribution in [1.82, 2.24) is 10.1 Å². The minimum absolute atomic E-state index is 0.00818. The van der Waals surface area contributed by atoms with Crippen molar-refractivity contribution in [3.63, 3.8) is 0 Å². The number of benzene rings is 2. The van der Waals surface area contributed by atoms with Gasteiger partial charge in [0.1, 0.15) is 11.5 Å². The zero-order chi connectivity index (χ0) is 21.8. The molecular weight excluding hydrogens is 418 g/mol. The number of nitrogens with zero attached hydrogens (tertiary/aromatic N) is 3. The molecule has 4 rings (SSSR count). The second kappa shape index (κ2) is 9.39. The molecule has 0 aliphatic carbocycles. The number of methoxy groups -OCH3 is 1. The van der Waals surface area contributed by atoms with E-state index in [0.717, 1.165) is 29.8 Å². The van der Waals surface area contributed by atoms with E-state index in [4.69, 9.17) is 25.6 Å². The molecule has 31 heavy (non-hydrogen) atoms. The molecule has 162 valence electrons. The molecule has 1 unspecified atom stereocenters. The number of rotatable bonds is 8. The van der Waals surface area contributed by atoms with Crippen LogP contribution in [0.5, 0.6) is 11.5 Å². The van der Waals surface area contributed by atoms with Crippen molar-refractivity contribution in [3.05, 3.63) is 53.3 Å². The molecule has 0 radical (unpaired) electrons. The number of amides is 1. The van der Waals surface area contributed by atoms with Gasteiger partial charge in [0.15, 0.2) is 5.82 Å². The van der Waals surface area contributed by atoms with Crippen molar-refractivity contribution in [2.24, 2.45) is 0 Å². The lowest BCUT2D eigenvalue weighted by Gasteiger charge is -2.17. The van der Waals surface area contributed by atoms with Gasteiger partial charge in [-0.1, -0.05) is 30.1 Å². The summed E-state index contributed by atoms with van der Waals surface area (Å²) in [4.78, 5) is 18.8. The molecule has 8 heteroatoms. The molecule has 1 fully saturated rings. The van der Waals surface area contributed by atoms with E-state index in [1.54, 1.807) is 24.1 Å². The van der Waals surface area contributed by atoms with Crippen LogP contribution < -0.4 is 14.4 Å². The maximum absolute atomic E-state index is 12.6. The number of carbonyl (C=O) groups excluding carboxylic acids is 1. The number of aromatic nitrogens is 2. The fraction of sp³-hybridized carbons (Fsp3) is 0.348. The molecule has 1 amide bonds. The van der Waals surface area contributed by atoms with Crippen LogP contribution in [0.3, 0.4) is 0 Å². The van der Waals surface area contributed by atoms with Gasteiger partial charge in [-0.25, -0.2) is 0 Å². The summed E-state index contributed by atoms with van der Waals surface area (Å²) in [6, 6.07) is 12.9. The molecule has 1 aromatic heterocycles. The predicted molar refractivity (Wildman–Crippen MR) is 118 cm³/mol. The number of hydrogen-bond acceptors (Lipinski definition) is 6. The smallest absolute Gasteiger partial charge is 0.257 e. The monoisotopic (exact) mass is 441 g/mol. The Bertz CT molecular complexity index is 1050. The highest BCUT2D eigenvalue weighted by Gasteiger charge is 2.35. The molecule has 0 bridgehead atoms. The largest absolute Gasteiger partial charge is 0.495 e. The highest BCUT2D eigenvalue weighted by atomic mass is 35.5. The van der Waals surface area contributed by atoms with E-state index in [2.05, 4.69) is 17.1 Å². The van der Waals surface area contributed by atoms with Crippen LogP contribution in [-0.4, -0.2) is 36.3 Å². The number of halogens is 1. The molecule has 7 nitrogen and oxygen atoms in total. The number of carbonyl (C=O) groups is 1. The van der Waals surface area contributed by atoms with Crippen LogP contribution in [0.1, 0.15) is 37.9 Å². The standard InChI is InChI=1S/C23H24ClN3O4/c1-3-4-11-30-18-8-5-15(6-9-18)23-25-22(26-31-23)16-12-21(28)27(14-16)17-7-10-20(29-2)19(24)13-17/h5-10,13,16H,3-4,11-12,14H2,1-2H3. The highest BCUT2D eigenvalue weighted by molar-refractivity contribution is 6.32. The number of ether oxygens (including phenoxy) is 2. The van der Waals surface area contributed by atoms with Crippen LogP contribution in [0.4, 0.5) is 5.69 Å². The lowest BCUT2D eigenvalue weighted by atomic mass is 10.1. The van der Waals surface area contributed by atoms with Gasteiger partial charge in [0.25, 0.3) is 5.89 Å². The SMILES string of the molecule is CCCCOc1ccc(-c2nc(C3CC(=O)N(c4ccc(OC)c(Cl)c4)C3)no2)cc1. The molecular formula is C23H24ClN3O4. The number of hydrogen-bond donors (Lipinski definition) is 0. The Morgan fingerprint density at radius 2 is 2.03 bits per heavy atom. The Kier molecular flexibility index (Phi) is 6.42. The highest BCUT2D eigenvalue weighted by Crippen LogP contribution is 2.35. The molecule has 1 atom stereocenters. The summed E-state index contributed by atoms with van der Waals surface area (Å²) in [6.07, 6.45) is 2.43. The Hall–Kier alpha value is -3.06. The van der Waals surface area contributed by atoms with E-state index in [1.807, 2.05) is 30.3 Å². The molecule has 1 aliphatic heterocycles. The summed E-state index contributed by atoms with van der Waals surface area (Å²) in [7, 11) is 1.55. The Balaban J connectivity index is 1.44. The van der Waals surface area contributed by atoms with Crippen molar-refractivity contribution in [1.29, 1.82) is 0 Å². The van der Waals surface area contributed by atoms with Crippen LogP contribution >= 0.6 is 11.6 Å². The molecule has 2 heterocycles. The predicted octanol–water partition coefficient (Wildman–Crippen LogP) is 5.10. The van der Waals surface area contributed by atoms with Gasteiger partial charge in [0.05, 0.1) is 18.7 Å². The van der Waals surface area contributed by atoms with Crippen LogP contribution in [0.15, 0.2) is 47.0 Å². The van der Waals surface area contributed by atoms with Gasteiger partial charge in [-0.15, -0.1) is 0 Å². The first-order valence-electron chi connectivity index (χ1n) is 10.3. The van der Waals surface area contributed by atoms with Crippen LogP contribution in [-0.2, 0) is 4.79 Å². The minimum atomic E-state index is -0.150. The summed E-state index contributed by atoms with van der Waals surface area (Å²) in [6.45, 7) is 3.29. The van der Waals surface area contributed by atoms with E-state index < -0.39 is 0 Å². The van der Waals surface area contributed by atoms with Gasteiger partial charge >= 0.3 is 0 Å². The molecule has 2 aromatic carbocycles. The maximum atomic E-state index is 12.6. The van der Waals surface area contributed by atoms with E-state index >= 15 is 0 Å². The molecule has 3 aromatic rings. The van der Waals surface area contributed by atoms with Gasteiger partial charge in [0, 0.05) is 30.1 Å². The molecule has 0 spiro atoms. The fourth-order valence-corrected chi connectivity index (χ4v) is 3.75. The third-order valence-electron chi connectivity index (χ3n) is 5.25. The van der Waals surface area contributed by atoms with Gasteiger partial charge in [-0.05, 0) is 48.9 Å². The fourth-order valence-electron chi connectivity index (χ4n) is 3.50. The maximum Gasteiger partial charge on any atom is 0.257 e. The first-order chi connectivity index (χ1) is 15.1. The molecule has 1 saturated heterocycles. The van der Waals surface area contributed by atoms with E-state index in [0.29, 0.717) is 42.1 Å². The second-order valence-corrected chi connectivity index (χ2v) is 7.82. The van der Waals surface area contributed by atoms with Crippen LogP contribution in [0.25, 0.3) is 11.5 Å². The average Bonchev–Trinajstić information content (AvgIpc) is 3.41. The van der Waals surface area contributed by atoms with Crippen molar-refractivity contribution in [2.75, 3.05) is 25.2 Å². The second-order valence-electron chi connectivity index (χ2n) is 7.41. The Morgan fingerprint density at radius 1 is 1.23 bits per heavy atom. The topological polar surface area (TPSA) is 77.7 Å². The lowest BCUT2D eigenvalue weighted by molar-refractivity contribution is -0.117. The molecule has 0 saturated carbocycles. The first kappa shape index (κ1) is 21.2. The number of unbranched alkanes of at least 4 members (excludes halogenated alkanes) is 1. The van der Waals surface area contributed by atoms with Crippen molar-refractivity contribution in [3.8, 4) is 23.0 Å². The number of anilines is 1. The van der Waals surface area contributed by atoms with E-state index in [1.165, 1.54) is 0 Å². The zero-order valence-corrected chi connectivity index (χ0v) is 18.3. The Morgan fingerprint density at radius 3 is 2.74 bits per heavy atom. The third-order valence-corrected chi connectivity index (χ3v) is 5.54. The van der Waals surface area contributed by atoms with E-state index in [-0.39, 0.29) is 11.8 Å². The Labute approximate surface area is 185 Å². The lowest BCUT2D eigenvalue weighted by Crippen LogP contribution is -2.24. The van der Waals surface area contributed by atoms with Crippen molar-refractivity contribution >= 4 is 23.2 Å². The molecule has 1 aliphatic rings. The van der Waals surface area contributed by atoms with Gasteiger partial charge in [0.2, 0.25) is 5.91 Å². The average molecular weight is 442 g/mol. The zero-order valence-electron chi connectivity index (χ0n) is 17.5. The van der Waals surface area contributed by atoms with Gasteiger partial charge in [-0.2, -0.15) is 4.98 Å². The first-order valence-corrected chi connectivity index (χ1v) is 10.7. The summed E-state index contributed by atoms with van der Waals surface area (Å²) in [5.41, 5.74) is 1.53. The van der Waals surface area contributed by atoms with Crippen molar-refractivity contribution < 1.29 is 18.8 Å². The van der Waals surface area contributed by atoms with Crippen molar-refractivity contribution in [2.45, 2.75) is 32.1 Å². The van der Waals surface area contributed by atoms with E-state index in [9.17, 15) is 4.79 Å². The summed E-state index contributed by atoms with van der Waals surface area (Å²) in [5, 5.41) is 4.58. The third kappa shape index (κ3) is 4.66. The normalized spacial score (nSPS) is 16.0. The molecule has 0 N–H and O–H groups in total. The minimum Gasteiger partial charge on any atom is -0.495 e.